The molecule has 1 spiro atoms. The van der Waals surface area contributed by atoms with E-state index in [9.17, 15) is 18.3 Å². The van der Waals surface area contributed by atoms with Crippen molar-refractivity contribution in [2.24, 2.45) is 11.3 Å². The topological polar surface area (TPSA) is 80.7 Å². The van der Waals surface area contributed by atoms with Crippen molar-refractivity contribution in [3.8, 4) is 0 Å². The van der Waals surface area contributed by atoms with Gasteiger partial charge in [0.25, 0.3) is 10.1 Å². The van der Waals surface area contributed by atoms with Crippen molar-refractivity contribution in [3.63, 3.8) is 0 Å². The van der Waals surface area contributed by atoms with E-state index in [1.165, 1.54) is 6.42 Å². The molecule has 0 radical (unpaired) electrons. The molecule has 0 saturated heterocycles. The van der Waals surface area contributed by atoms with Crippen molar-refractivity contribution in [1.82, 2.24) is 0 Å². The minimum atomic E-state index is -3.60. The zero-order valence-electron chi connectivity index (χ0n) is 11.3. The van der Waals surface area contributed by atoms with Crippen molar-refractivity contribution >= 4 is 16.1 Å². The predicted molar refractivity (Wildman–Crippen MR) is 70.2 cm³/mol. The minimum Gasteiger partial charge on any atom is -0.481 e. The summed E-state index contributed by atoms with van der Waals surface area (Å²) < 4.78 is 27.4. The van der Waals surface area contributed by atoms with Crippen molar-refractivity contribution < 1.29 is 22.5 Å². The summed E-state index contributed by atoms with van der Waals surface area (Å²) in [4.78, 5) is 11.4. The van der Waals surface area contributed by atoms with Crippen LogP contribution in [0.1, 0.15) is 51.4 Å². The number of hydrogen-bond acceptors (Lipinski definition) is 4. The van der Waals surface area contributed by atoms with Crippen LogP contribution in [0.15, 0.2) is 0 Å². The molecule has 2 saturated carbocycles. The summed E-state index contributed by atoms with van der Waals surface area (Å²) in [6.07, 6.45) is 7.95. The number of hydrogen-bond donors (Lipinski definition) is 1. The highest BCUT2D eigenvalue weighted by molar-refractivity contribution is 7.86. The molecule has 5 nitrogen and oxygen atoms in total. The van der Waals surface area contributed by atoms with Crippen LogP contribution >= 0.6 is 0 Å². The van der Waals surface area contributed by atoms with Gasteiger partial charge in [-0.05, 0) is 37.5 Å². The number of aliphatic carboxylic acids is 1. The van der Waals surface area contributed by atoms with Crippen LogP contribution in [0.2, 0.25) is 0 Å². The number of rotatable bonds is 3. The van der Waals surface area contributed by atoms with Crippen molar-refractivity contribution in [1.29, 1.82) is 0 Å². The first kappa shape index (κ1) is 14.8. The Morgan fingerprint density at radius 3 is 2.37 bits per heavy atom. The highest BCUT2D eigenvalue weighted by Crippen LogP contribution is 2.50. The molecule has 0 aromatic carbocycles. The van der Waals surface area contributed by atoms with E-state index in [4.69, 9.17) is 4.18 Å². The van der Waals surface area contributed by atoms with Gasteiger partial charge in [0.2, 0.25) is 0 Å². The van der Waals surface area contributed by atoms with Gasteiger partial charge < -0.3 is 5.11 Å². The molecule has 0 aliphatic heterocycles. The highest BCUT2D eigenvalue weighted by Gasteiger charge is 2.45. The fraction of sp³-hybridized carbons (Fsp3) is 0.923. The maximum atomic E-state index is 11.4. The van der Waals surface area contributed by atoms with Gasteiger partial charge in [0, 0.05) is 0 Å². The van der Waals surface area contributed by atoms with Gasteiger partial charge in [0.1, 0.15) is 0 Å². The predicted octanol–water partition coefficient (Wildman–Crippen LogP) is 2.17. The van der Waals surface area contributed by atoms with Crippen LogP contribution in [0.5, 0.6) is 0 Å². The van der Waals surface area contributed by atoms with E-state index < -0.39 is 28.1 Å². The summed E-state index contributed by atoms with van der Waals surface area (Å²) in [5, 5.41) is 9.34. The monoisotopic (exact) mass is 290 g/mol. The standard InChI is InChI=1S/C13H22O5S/c1-19(16,17)18-11-5-8-13(6-3-2-4-7-13)9-10(11)12(14)15/h10-11H,2-9H2,1H3,(H,14,15)/t10-,11-/m1/s1. The Morgan fingerprint density at radius 2 is 1.84 bits per heavy atom. The Morgan fingerprint density at radius 1 is 1.21 bits per heavy atom. The quantitative estimate of drug-likeness (QED) is 0.806. The largest absolute Gasteiger partial charge is 0.481 e. The third-order valence-corrected chi connectivity index (χ3v) is 5.19. The maximum Gasteiger partial charge on any atom is 0.309 e. The van der Waals surface area contributed by atoms with E-state index in [0.29, 0.717) is 12.8 Å². The van der Waals surface area contributed by atoms with E-state index in [0.717, 1.165) is 38.4 Å². The lowest BCUT2D eigenvalue weighted by atomic mass is 9.62. The lowest BCUT2D eigenvalue weighted by Gasteiger charge is -2.45. The molecule has 0 heterocycles. The fourth-order valence-electron chi connectivity index (χ4n) is 3.69. The van der Waals surface area contributed by atoms with Crippen LogP contribution < -0.4 is 0 Å². The minimum absolute atomic E-state index is 0.110. The van der Waals surface area contributed by atoms with Gasteiger partial charge >= 0.3 is 5.97 Å². The molecule has 2 fully saturated rings. The normalized spacial score (nSPS) is 31.2. The van der Waals surface area contributed by atoms with Crippen LogP contribution in [0.25, 0.3) is 0 Å². The molecule has 0 bridgehead atoms. The number of carboxylic acids is 1. The molecule has 6 heteroatoms. The summed E-state index contributed by atoms with van der Waals surface area (Å²) >= 11 is 0. The Kier molecular flexibility index (Phi) is 4.20. The third-order valence-electron chi connectivity index (χ3n) is 4.59. The molecule has 1 N–H and O–H groups in total. The molecule has 2 atom stereocenters. The van der Waals surface area contributed by atoms with Crippen molar-refractivity contribution in [2.75, 3.05) is 6.26 Å². The number of carbonyl (C=O) groups is 1. The summed E-state index contributed by atoms with van der Waals surface area (Å²) in [7, 11) is -3.60. The Bertz CT molecular complexity index is 436. The summed E-state index contributed by atoms with van der Waals surface area (Å²) in [6, 6.07) is 0. The van der Waals surface area contributed by atoms with Crippen LogP contribution in [0.4, 0.5) is 0 Å². The molecule has 19 heavy (non-hydrogen) atoms. The second kappa shape index (κ2) is 5.40. The van der Waals surface area contributed by atoms with Crippen LogP contribution in [0, 0.1) is 11.3 Å². The first-order valence-electron chi connectivity index (χ1n) is 6.92. The van der Waals surface area contributed by atoms with Crippen molar-refractivity contribution in [2.45, 2.75) is 57.5 Å². The van der Waals surface area contributed by atoms with Crippen LogP contribution in [-0.4, -0.2) is 31.9 Å². The van der Waals surface area contributed by atoms with E-state index in [2.05, 4.69) is 0 Å². The molecule has 0 aromatic heterocycles. The van der Waals surface area contributed by atoms with Gasteiger partial charge in [-0.25, -0.2) is 0 Å². The maximum absolute atomic E-state index is 11.4. The van der Waals surface area contributed by atoms with Gasteiger partial charge in [0.05, 0.1) is 18.3 Å². The molecule has 0 aromatic rings. The molecule has 2 aliphatic rings. The highest BCUT2D eigenvalue weighted by atomic mass is 32.2. The smallest absolute Gasteiger partial charge is 0.309 e. The summed E-state index contributed by atoms with van der Waals surface area (Å²) in [6.45, 7) is 0. The Balaban J connectivity index is 2.11. The SMILES string of the molecule is CS(=O)(=O)O[C@@H]1CCC2(CCCCC2)C[C@H]1C(=O)O. The van der Waals surface area contributed by atoms with Gasteiger partial charge in [-0.15, -0.1) is 0 Å². The molecule has 110 valence electrons. The number of carboxylic acid groups (broad SMARTS) is 1. The van der Waals surface area contributed by atoms with Gasteiger partial charge in [0.15, 0.2) is 0 Å². The zero-order chi connectivity index (χ0) is 14.1. The third kappa shape index (κ3) is 3.69. The lowest BCUT2D eigenvalue weighted by Crippen LogP contribution is -2.43. The second-order valence-electron chi connectivity index (χ2n) is 6.09. The molecular formula is C13H22O5S. The average Bonchev–Trinajstić information content (AvgIpc) is 2.31. The van der Waals surface area contributed by atoms with Gasteiger partial charge in [-0.2, -0.15) is 8.42 Å². The van der Waals surface area contributed by atoms with E-state index in [1.54, 1.807) is 0 Å². The average molecular weight is 290 g/mol. The Hall–Kier alpha value is -0.620. The Labute approximate surface area is 114 Å². The molecule has 0 amide bonds. The van der Waals surface area contributed by atoms with Crippen LogP contribution in [-0.2, 0) is 19.1 Å². The molecular weight excluding hydrogens is 268 g/mol. The van der Waals surface area contributed by atoms with Crippen LogP contribution in [0.3, 0.4) is 0 Å². The van der Waals surface area contributed by atoms with Crippen molar-refractivity contribution in [3.05, 3.63) is 0 Å². The molecule has 0 unspecified atom stereocenters. The van der Waals surface area contributed by atoms with E-state index >= 15 is 0 Å². The first-order valence-corrected chi connectivity index (χ1v) is 8.74. The molecule has 2 rings (SSSR count). The summed E-state index contributed by atoms with van der Waals surface area (Å²) in [5.74, 6) is -1.63. The summed E-state index contributed by atoms with van der Waals surface area (Å²) in [5.41, 5.74) is 0.110. The van der Waals surface area contributed by atoms with E-state index in [1.807, 2.05) is 0 Å². The fourth-order valence-corrected chi connectivity index (χ4v) is 4.37. The van der Waals surface area contributed by atoms with Gasteiger partial charge in [-0.3, -0.25) is 8.98 Å². The second-order valence-corrected chi connectivity index (χ2v) is 7.69. The molecule has 2 aliphatic carbocycles. The van der Waals surface area contributed by atoms with E-state index in [-0.39, 0.29) is 5.41 Å². The first-order chi connectivity index (χ1) is 8.81. The lowest BCUT2D eigenvalue weighted by molar-refractivity contribution is -0.149. The van der Waals surface area contributed by atoms with Gasteiger partial charge in [-0.1, -0.05) is 19.3 Å². The zero-order valence-corrected chi connectivity index (χ0v) is 12.1.